The molecule has 0 unspecified atom stereocenters. The van der Waals surface area contributed by atoms with E-state index in [9.17, 15) is 4.79 Å². The molecule has 0 aliphatic rings. The van der Waals surface area contributed by atoms with Crippen molar-refractivity contribution in [3.63, 3.8) is 0 Å². The highest BCUT2D eigenvalue weighted by atomic mass is 16.1. The summed E-state index contributed by atoms with van der Waals surface area (Å²) in [7, 11) is 0. The molecule has 1 nitrogen and oxygen atoms in total. The number of ketones is 1. The normalized spacial score (nSPS) is 10.6. The molecule has 0 fully saturated rings. The van der Waals surface area contributed by atoms with E-state index < -0.39 is 0 Å². The number of hydrogen-bond donors (Lipinski definition) is 0. The van der Waals surface area contributed by atoms with Crippen LogP contribution in [0.4, 0.5) is 0 Å². The Morgan fingerprint density at radius 2 is 1.92 bits per heavy atom. The zero-order chi connectivity index (χ0) is 10.7. The standard InChI is InChI=1S/C10H14O.C2H6/c1-4-6-7-10(5-2)8-9(3)11;1-2/h4-7H,1,8H2,2-3H3;1-2H3/b7-6-,10-5+;. The van der Waals surface area contributed by atoms with E-state index in [1.807, 2.05) is 39.0 Å². The predicted molar refractivity (Wildman–Crippen MR) is 59.7 cm³/mol. The number of carbonyl (C=O) groups is 1. The minimum absolute atomic E-state index is 0.187. The zero-order valence-corrected chi connectivity index (χ0v) is 9.13. The molecule has 0 rings (SSSR count). The van der Waals surface area contributed by atoms with Gasteiger partial charge in [-0.05, 0) is 19.4 Å². The molecule has 0 aromatic heterocycles. The van der Waals surface area contributed by atoms with Crippen molar-refractivity contribution >= 4 is 5.78 Å². The Labute approximate surface area is 81.9 Å². The van der Waals surface area contributed by atoms with Gasteiger partial charge in [-0.2, -0.15) is 0 Å². The summed E-state index contributed by atoms with van der Waals surface area (Å²) in [6.45, 7) is 11.1. The van der Waals surface area contributed by atoms with Crippen LogP contribution < -0.4 is 0 Å². The van der Waals surface area contributed by atoms with E-state index in [2.05, 4.69) is 6.58 Å². The van der Waals surface area contributed by atoms with Crippen LogP contribution >= 0.6 is 0 Å². The molecule has 1 heteroatoms. The van der Waals surface area contributed by atoms with E-state index in [-0.39, 0.29) is 5.78 Å². The number of Topliss-reactive ketones (excluding diaryl/α,β-unsaturated/α-hetero) is 1. The van der Waals surface area contributed by atoms with Gasteiger partial charge in [-0.1, -0.05) is 44.7 Å². The summed E-state index contributed by atoms with van der Waals surface area (Å²) in [6.07, 6.45) is 7.87. The molecule has 0 spiro atoms. The third-order valence-electron chi connectivity index (χ3n) is 1.27. The minimum atomic E-state index is 0.187. The Bertz CT molecular complexity index is 197. The van der Waals surface area contributed by atoms with Crippen molar-refractivity contribution in [1.82, 2.24) is 0 Å². The summed E-state index contributed by atoms with van der Waals surface area (Å²) in [6, 6.07) is 0. The fourth-order valence-corrected chi connectivity index (χ4v) is 0.736. The molecule has 0 aromatic carbocycles. The Hall–Kier alpha value is -1.11. The molecule has 0 saturated heterocycles. The van der Waals surface area contributed by atoms with Gasteiger partial charge in [0.1, 0.15) is 5.78 Å². The lowest BCUT2D eigenvalue weighted by molar-refractivity contribution is -0.116. The fourth-order valence-electron chi connectivity index (χ4n) is 0.736. The van der Waals surface area contributed by atoms with Crippen LogP contribution in [0.15, 0.2) is 36.5 Å². The maximum Gasteiger partial charge on any atom is 0.134 e. The lowest BCUT2D eigenvalue weighted by Crippen LogP contribution is -1.90. The van der Waals surface area contributed by atoms with Gasteiger partial charge < -0.3 is 0 Å². The minimum Gasteiger partial charge on any atom is -0.300 e. The van der Waals surface area contributed by atoms with Crippen molar-refractivity contribution in [2.45, 2.75) is 34.1 Å². The van der Waals surface area contributed by atoms with Gasteiger partial charge in [0, 0.05) is 6.42 Å². The number of carbonyl (C=O) groups excluding carboxylic acids is 1. The summed E-state index contributed by atoms with van der Waals surface area (Å²) in [4.78, 5) is 10.7. The predicted octanol–water partition coefficient (Wildman–Crippen LogP) is 3.68. The van der Waals surface area contributed by atoms with Crippen molar-refractivity contribution in [2.75, 3.05) is 0 Å². The topological polar surface area (TPSA) is 17.1 Å². The van der Waals surface area contributed by atoms with Gasteiger partial charge in [-0.3, -0.25) is 4.79 Å². The Morgan fingerprint density at radius 1 is 1.38 bits per heavy atom. The molecule has 0 atom stereocenters. The molecule has 13 heavy (non-hydrogen) atoms. The van der Waals surface area contributed by atoms with Crippen molar-refractivity contribution < 1.29 is 4.79 Å². The lowest BCUT2D eigenvalue weighted by atomic mass is 10.1. The van der Waals surface area contributed by atoms with Crippen LogP contribution in [0.2, 0.25) is 0 Å². The van der Waals surface area contributed by atoms with Crippen molar-refractivity contribution in [3.05, 3.63) is 36.5 Å². The maximum absolute atomic E-state index is 10.7. The van der Waals surface area contributed by atoms with Crippen LogP contribution in [0.1, 0.15) is 34.1 Å². The van der Waals surface area contributed by atoms with E-state index in [0.29, 0.717) is 6.42 Å². The highest BCUT2D eigenvalue weighted by Crippen LogP contribution is 2.03. The molecular formula is C12H20O. The second-order valence-electron chi connectivity index (χ2n) is 2.34. The Balaban J connectivity index is 0. The van der Waals surface area contributed by atoms with Crippen LogP contribution in [0, 0.1) is 0 Å². The van der Waals surface area contributed by atoms with E-state index >= 15 is 0 Å². The number of rotatable bonds is 4. The van der Waals surface area contributed by atoms with E-state index in [1.54, 1.807) is 13.0 Å². The first kappa shape index (κ1) is 14.4. The van der Waals surface area contributed by atoms with Crippen LogP contribution in [-0.2, 0) is 4.79 Å². The van der Waals surface area contributed by atoms with Crippen molar-refractivity contribution in [1.29, 1.82) is 0 Å². The third kappa shape index (κ3) is 10.9. The largest absolute Gasteiger partial charge is 0.300 e. The molecule has 0 saturated carbocycles. The third-order valence-corrected chi connectivity index (χ3v) is 1.27. The summed E-state index contributed by atoms with van der Waals surface area (Å²) in [5.41, 5.74) is 1.04. The maximum atomic E-state index is 10.7. The van der Waals surface area contributed by atoms with E-state index in [4.69, 9.17) is 0 Å². The van der Waals surface area contributed by atoms with Gasteiger partial charge in [0.05, 0.1) is 0 Å². The van der Waals surface area contributed by atoms with Gasteiger partial charge in [-0.25, -0.2) is 0 Å². The summed E-state index contributed by atoms with van der Waals surface area (Å²) < 4.78 is 0. The van der Waals surface area contributed by atoms with Crippen LogP contribution in [0.5, 0.6) is 0 Å². The first-order valence-electron chi connectivity index (χ1n) is 4.64. The highest BCUT2D eigenvalue weighted by Gasteiger charge is 1.94. The summed E-state index contributed by atoms with van der Waals surface area (Å²) >= 11 is 0. The summed E-state index contributed by atoms with van der Waals surface area (Å²) in [5.74, 6) is 0.187. The molecule has 74 valence electrons. The SMILES string of the molecule is C=C/C=C\C(=C/C)CC(C)=O.CC. The Morgan fingerprint density at radius 3 is 2.23 bits per heavy atom. The zero-order valence-electron chi connectivity index (χ0n) is 9.13. The van der Waals surface area contributed by atoms with Crippen molar-refractivity contribution in [2.24, 2.45) is 0 Å². The molecular weight excluding hydrogens is 160 g/mol. The highest BCUT2D eigenvalue weighted by molar-refractivity contribution is 5.78. The lowest BCUT2D eigenvalue weighted by Gasteiger charge is -1.94. The van der Waals surface area contributed by atoms with Gasteiger partial charge in [-0.15, -0.1) is 0 Å². The molecule has 0 bridgehead atoms. The average Bonchev–Trinajstić information content (AvgIpc) is 2.15. The molecule has 0 heterocycles. The molecule has 0 aromatic rings. The van der Waals surface area contributed by atoms with Crippen LogP contribution in [0.25, 0.3) is 0 Å². The van der Waals surface area contributed by atoms with Gasteiger partial charge in [0.15, 0.2) is 0 Å². The summed E-state index contributed by atoms with van der Waals surface area (Å²) in [5, 5.41) is 0. The van der Waals surface area contributed by atoms with Gasteiger partial charge in [0.25, 0.3) is 0 Å². The van der Waals surface area contributed by atoms with Crippen molar-refractivity contribution in [3.8, 4) is 0 Å². The molecule has 0 aliphatic carbocycles. The molecule has 0 N–H and O–H groups in total. The number of hydrogen-bond acceptors (Lipinski definition) is 1. The second kappa shape index (κ2) is 10.9. The smallest absolute Gasteiger partial charge is 0.134 e. The molecule has 0 aliphatic heterocycles. The van der Waals surface area contributed by atoms with Gasteiger partial charge in [0.2, 0.25) is 0 Å². The first-order chi connectivity index (χ1) is 6.20. The van der Waals surface area contributed by atoms with Crippen LogP contribution in [0.3, 0.4) is 0 Å². The van der Waals surface area contributed by atoms with Crippen LogP contribution in [-0.4, -0.2) is 5.78 Å². The first-order valence-corrected chi connectivity index (χ1v) is 4.64. The second-order valence-corrected chi connectivity index (χ2v) is 2.34. The number of allylic oxidation sites excluding steroid dienone is 5. The van der Waals surface area contributed by atoms with Gasteiger partial charge >= 0.3 is 0 Å². The molecule has 0 radical (unpaired) electrons. The quantitative estimate of drug-likeness (QED) is 0.603. The van der Waals surface area contributed by atoms with E-state index in [0.717, 1.165) is 5.57 Å². The fraction of sp³-hybridized carbons (Fsp3) is 0.417. The average molecular weight is 180 g/mol. The van der Waals surface area contributed by atoms with E-state index in [1.165, 1.54) is 0 Å². The monoisotopic (exact) mass is 180 g/mol. The molecule has 0 amide bonds. The Kier molecular flexibility index (Phi) is 12.1.